The largest absolute Gasteiger partial charge is 0.379 e. The van der Waals surface area contributed by atoms with Gasteiger partial charge in [0, 0.05) is 19.6 Å². The number of unbranched alkanes of at least 4 members (excludes halogenated alkanes) is 1. The van der Waals surface area contributed by atoms with Crippen molar-refractivity contribution >= 4 is 5.91 Å². The topological polar surface area (TPSA) is 48.0 Å². The summed E-state index contributed by atoms with van der Waals surface area (Å²) in [6, 6.07) is 0. The second-order valence-electron chi connectivity index (χ2n) is 4.01. The number of hydrogen-bond acceptors (Lipinski definition) is 4. The summed E-state index contributed by atoms with van der Waals surface area (Å²) in [6.45, 7) is 5.79. The molecule has 100 valence electrons. The zero-order valence-corrected chi connectivity index (χ0v) is 10.7. The van der Waals surface area contributed by atoms with E-state index in [0.717, 1.165) is 25.9 Å². The average molecular weight is 245 g/mol. The maximum Gasteiger partial charge on any atom is 0.246 e. The van der Waals surface area contributed by atoms with Gasteiger partial charge in [-0.25, -0.2) is 5.06 Å². The minimum absolute atomic E-state index is 0.0768. The van der Waals surface area contributed by atoms with E-state index in [4.69, 9.17) is 14.3 Å². The molecule has 5 nitrogen and oxygen atoms in total. The minimum Gasteiger partial charge on any atom is -0.379 e. The lowest BCUT2D eigenvalue weighted by molar-refractivity contribution is -0.182. The molecule has 0 aliphatic carbocycles. The smallest absolute Gasteiger partial charge is 0.246 e. The van der Waals surface area contributed by atoms with Crippen molar-refractivity contribution in [3.63, 3.8) is 0 Å². The molecule has 5 heteroatoms. The maximum atomic E-state index is 11.2. The Morgan fingerprint density at radius 3 is 2.47 bits per heavy atom. The standard InChI is InChI=1S/C12H23NO4/c1-2-3-7-15-8-9-16-10-11-17-13-6-4-5-12(13)14/h2-11H2,1H3. The van der Waals surface area contributed by atoms with Crippen LogP contribution in [-0.2, 0) is 19.1 Å². The third-order valence-corrected chi connectivity index (χ3v) is 2.52. The fourth-order valence-corrected chi connectivity index (χ4v) is 1.53. The van der Waals surface area contributed by atoms with Gasteiger partial charge in [-0.3, -0.25) is 9.63 Å². The third-order valence-electron chi connectivity index (χ3n) is 2.52. The number of rotatable bonds is 10. The number of nitrogens with zero attached hydrogens (tertiary/aromatic N) is 1. The lowest BCUT2D eigenvalue weighted by Crippen LogP contribution is -2.26. The molecule has 0 unspecified atom stereocenters. The molecule has 0 bridgehead atoms. The molecule has 1 aliphatic rings. The van der Waals surface area contributed by atoms with Gasteiger partial charge in [-0.05, 0) is 12.8 Å². The Hall–Kier alpha value is -0.650. The van der Waals surface area contributed by atoms with Gasteiger partial charge in [-0.15, -0.1) is 0 Å². The molecule has 0 radical (unpaired) electrons. The van der Waals surface area contributed by atoms with E-state index in [-0.39, 0.29) is 5.91 Å². The molecule has 1 aliphatic heterocycles. The van der Waals surface area contributed by atoms with Crippen LogP contribution in [0.3, 0.4) is 0 Å². The molecule has 0 aromatic heterocycles. The van der Waals surface area contributed by atoms with Crippen molar-refractivity contribution in [2.75, 3.05) is 39.6 Å². The lowest BCUT2D eigenvalue weighted by Gasteiger charge is -2.14. The monoisotopic (exact) mass is 245 g/mol. The first kappa shape index (κ1) is 14.4. The lowest BCUT2D eigenvalue weighted by atomic mass is 10.4. The predicted molar refractivity (Wildman–Crippen MR) is 63.4 cm³/mol. The van der Waals surface area contributed by atoms with E-state index < -0.39 is 0 Å². The van der Waals surface area contributed by atoms with E-state index in [1.165, 1.54) is 5.06 Å². The van der Waals surface area contributed by atoms with Crippen LogP contribution < -0.4 is 0 Å². The van der Waals surface area contributed by atoms with Gasteiger partial charge in [0.15, 0.2) is 0 Å². The molecule has 1 saturated heterocycles. The molecule has 17 heavy (non-hydrogen) atoms. The molecular weight excluding hydrogens is 222 g/mol. The number of ether oxygens (including phenoxy) is 2. The quantitative estimate of drug-likeness (QED) is 0.545. The summed E-state index contributed by atoms with van der Waals surface area (Å²) in [4.78, 5) is 16.5. The number of hydrogen-bond donors (Lipinski definition) is 0. The summed E-state index contributed by atoms with van der Waals surface area (Å²) in [5, 5.41) is 1.43. The van der Waals surface area contributed by atoms with Crippen LogP contribution in [0.1, 0.15) is 32.6 Å². The molecule has 0 N–H and O–H groups in total. The van der Waals surface area contributed by atoms with Crippen molar-refractivity contribution in [1.82, 2.24) is 5.06 Å². The van der Waals surface area contributed by atoms with Crippen molar-refractivity contribution in [3.05, 3.63) is 0 Å². The van der Waals surface area contributed by atoms with Crippen molar-refractivity contribution in [3.8, 4) is 0 Å². The highest BCUT2D eigenvalue weighted by Crippen LogP contribution is 2.09. The average Bonchev–Trinajstić information content (AvgIpc) is 2.73. The fraction of sp³-hybridized carbons (Fsp3) is 0.917. The highest BCUT2D eigenvalue weighted by atomic mass is 16.7. The molecule has 0 aromatic rings. The SMILES string of the molecule is CCCCOCCOCCON1CCCC1=O. The fourth-order valence-electron chi connectivity index (χ4n) is 1.53. The molecule has 0 saturated carbocycles. The Balaban J connectivity index is 1.80. The van der Waals surface area contributed by atoms with Crippen LogP contribution in [0.2, 0.25) is 0 Å². The van der Waals surface area contributed by atoms with Crippen LogP contribution in [0, 0.1) is 0 Å². The van der Waals surface area contributed by atoms with Crippen LogP contribution in [0.5, 0.6) is 0 Å². The summed E-state index contributed by atoms with van der Waals surface area (Å²) in [5.41, 5.74) is 0. The first-order valence-corrected chi connectivity index (χ1v) is 6.43. The molecule has 0 atom stereocenters. The van der Waals surface area contributed by atoms with Gasteiger partial charge >= 0.3 is 0 Å². The number of carbonyl (C=O) groups excluding carboxylic acids is 1. The van der Waals surface area contributed by atoms with Crippen LogP contribution >= 0.6 is 0 Å². The molecule has 0 spiro atoms. The highest BCUT2D eigenvalue weighted by molar-refractivity contribution is 5.76. The summed E-state index contributed by atoms with van der Waals surface area (Å²) < 4.78 is 10.7. The Bertz CT molecular complexity index is 211. The van der Waals surface area contributed by atoms with E-state index in [9.17, 15) is 4.79 Å². The van der Waals surface area contributed by atoms with Crippen molar-refractivity contribution in [2.45, 2.75) is 32.6 Å². The van der Waals surface area contributed by atoms with Gasteiger partial charge < -0.3 is 9.47 Å². The van der Waals surface area contributed by atoms with Gasteiger partial charge in [0.05, 0.1) is 26.4 Å². The van der Waals surface area contributed by atoms with Gasteiger partial charge in [0.25, 0.3) is 0 Å². The van der Waals surface area contributed by atoms with Crippen LogP contribution in [-0.4, -0.2) is 50.5 Å². The van der Waals surface area contributed by atoms with Crippen molar-refractivity contribution in [1.29, 1.82) is 0 Å². The van der Waals surface area contributed by atoms with Crippen LogP contribution in [0.4, 0.5) is 0 Å². The van der Waals surface area contributed by atoms with Gasteiger partial charge in [-0.2, -0.15) is 0 Å². The van der Waals surface area contributed by atoms with Crippen LogP contribution in [0.25, 0.3) is 0 Å². The van der Waals surface area contributed by atoms with Crippen LogP contribution in [0.15, 0.2) is 0 Å². The first-order chi connectivity index (χ1) is 8.34. The van der Waals surface area contributed by atoms with E-state index in [2.05, 4.69) is 6.92 Å². The van der Waals surface area contributed by atoms with Gasteiger partial charge in [0.1, 0.15) is 0 Å². The number of amides is 1. The van der Waals surface area contributed by atoms with Crippen molar-refractivity contribution < 1.29 is 19.1 Å². The normalized spacial score (nSPS) is 15.8. The number of carbonyl (C=O) groups is 1. The molecule has 1 fully saturated rings. The second kappa shape index (κ2) is 9.39. The minimum atomic E-state index is 0.0768. The zero-order chi connectivity index (χ0) is 12.3. The summed E-state index contributed by atoms with van der Waals surface area (Å²) in [6.07, 6.45) is 3.75. The van der Waals surface area contributed by atoms with E-state index in [0.29, 0.717) is 39.4 Å². The Morgan fingerprint density at radius 2 is 1.82 bits per heavy atom. The predicted octanol–water partition coefficient (Wildman–Crippen LogP) is 1.37. The maximum absolute atomic E-state index is 11.2. The number of hydroxylamine groups is 2. The van der Waals surface area contributed by atoms with Gasteiger partial charge in [-0.1, -0.05) is 13.3 Å². The Morgan fingerprint density at radius 1 is 1.12 bits per heavy atom. The Labute approximate surface area is 103 Å². The highest BCUT2D eigenvalue weighted by Gasteiger charge is 2.20. The molecule has 1 rings (SSSR count). The van der Waals surface area contributed by atoms with Crippen molar-refractivity contribution in [2.24, 2.45) is 0 Å². The third kappa shape index (κ3) is 6.61. The zero-order valence-electron chi connectivity index (χ0n) is 10.7. The van der Waals surface area contributed by atoms with E-state index in [1.807, 2.05) is 0 Å². The molecule has 1 amide bonds. The summed E-state index contributed by atoms with van der Waals surface area (Å²) in [5.74, 6) is 0.0768. The molecule has 1 heterocycles. The van der Waals surface area contributed by atoms with E-state index in [1.54, 1.807) is 0 Å². The van der Waals surface area contributed by atoms with Gasteiger partial charge in [0.2, 0.25) is 5.91 Å². The first-order valence-electron chi connectivity index (χ1n) is 6.43. The summed E-state index contributed by atoms with van der Waals surface area (Å²) >= 11 is 0. The van der Waals surface area contributed by atoms with E-state index >= 15 is 0 Å². The molecular formula is C12H23NO4. The summed E-state index contributed by atoms with van der Waals surface area (Å²) in [7, 11) is 0. The second-order valence-corrected chi connectivity index (χ2v) is 4.01. The molecule has 0 aromatic carbocycles. The Kier molecular flexibility index (Phi) is 7.96.